The van der Waals surface area contributed by atoms with Gasteiger partial charge in [-0.15, -0.1) is 0 Å². The van der Waals surface area contributed by atoms with E-state index in [1.807, 2.05) is 12.1 Å². The molecule has 0 aliphatic carbocycles. The van der Waals surface area contributed by atoms with Gasteiger partial charge in [0, 0.05) is 19.2 Å². The SMILES string of the molecule is CO/C(=C\c1cccc(N2CCC(O)CC2)n1)C1(C)NC(=O)NC1=O. The molecule has 2 aliphatic rings. The molecule has 1 aromatic rings. The van der Waals surface area contributed by atoms with Crippen molar-refractivity contribution in [1.82, 2.24) is 15.6 Å². The zero-order valence-corrected chi connectivity index (χ0v) is 14.3. The van der Waals surface area contributed by atoms with Gasteiger partial charge < -0.3 is 20.1 Å². The van der Waals surface area contributed by atoms with Crippen LogP contribution < -0.4 is 15.5 Å². The molecule has 0 spiro atoms. The minimum atomic E-state index is -1.27. The second-order valence-electron chi connectivity index (χ2n) is 6.38. The Morgan fingerprint density at radius 3 is 2.72 bits per heavy atom. The third kappa shape index (κ3) is 3.43. The van der Waals surface area contributed by atoms with E-state index in [2.05, 4.69) is 20.5 Å². The Morgan fingerprint density at radius 1 is 1.40 bits per heavy atom. The number of imide groups is 1. The van der Waals surface area contributed by atoms with Crippen molar-refractivity contribution in [2.24, 2.45) is 0 Å². The Balaban J connectivity index is 1.86. The highest BCUT2D eigenvalue weighted by Gasteiger charge is 2.46. The molecule has 1 atom stereocenters. The summed E-state index contributed by atoms with van der Waals surface area (Å²) >= 11 is 0. The summed E-state index contributed by atoms with van der Waals surface area (Å²) in [5, 5.41) is 14.4. The van der Waals surface area contributed by atoms with Gasteiger partial charge in [0.1, 0.15) is 11.6 Å². The number of piperidine rings is 1. The number of rotatable bonds is 4. The van der Waals surface area contributed by atoms with Crippen LogP contribution in [0.2, 0.25) is 0 Å². The molecule has 0 aromatic carbocycles. The zero-order valence-electron chi connectivity index (χ0n) is 14.3. The number of nitrogens with one attached hydrogen (secondary N) is 2. The van der Waals surface area contributed by atoms with Crippen molar-refractivity contribution in [3.8, 4) is 0 Å². The lowest BCUT2D eigenvalue weighted by Crippen LogP contribution is -2.46. The van der Waals surface area contributed by atoms with Crippen LogP contribution in [0.5, 0.6) is 0 Å². The molecule has 8 nitrogen and oxygen atoms in total. The maximum absolute atomic E-state index is 12.1. The fourth-order valence-electron chi connectivity index (χ4n) is 3.05. The molecule has 3 amide bonds. The third-order valence-electron chi connectivity index (χ3n) is 4.58. The number of aliphatic hydroxyl groups is 1. The Labute approximate surface area is 145 Å². The molecule has 3 N–H and O–H groups in total. The van der Waals surface area contributed by atoms with Crippen LogP contribution in [0.25, 0.3) is 6.08 Å². The summed E-state index contributed by atoms with van der Waals surface area (Å²) in [6.07, 6.45) is 2.84. The second-order valence-corrected chi connectivity index (χ2v) is 6.38. The van der Waals surface area contributed by atoms with Crippen molar-refractivity contribution in [2.75, 3.05) is 25.1 Å². The Kier molecular flexibility index (Phi) is 4.63. The van der Waals surface area contributed by atoms with Crippen molar-refractivity contribution < 1.29 is 19.4 Å². The smallest absolute Gasteiger partial charge is 0.322 e. The monoisotopic (exact) mass is 346 g/mol. The highest BCUT2D eigenvalue weighted by Crippen LogP contribution is 2.24. The maximum Gasteiger partial charge on any atom is 0.322 e. The summed E-state index contributed by atoms with van der Waals surface area (Å²) in [6, 6.07) is 5.04. The summed E-state index contributed by atoms with van der Waals surface area (Å²) < 4.78 is 5.36. The largest absolute Gasteiger partial charge is 0.498 e. The highest BCUT2D eigenvalue weighted by molar-refractivity contribution is 6.08. The number of amides is 3. The van der Waals surface area contributed by atoms with Crippen LogP contribution in [0.3, 0.4) is 0 Å². The number of hydrogen-bond donors (Lipinski definition) is 3. The third-order valence-corrected chi connectivity index (χ3v) is 4.58. The van der Waals surface area contributed by atoms with Crippen molar-refractivity contribution in [3.05, 3.63) is 29.7 Å². The molecule has 2 aliphatic heterocycles. The number of anilines is 1. The van der Waals surface area contributed by atoms with Crippen molar-refractivity contribution in [3.63, 3.8) is 0 Å². The summed E-state index contributed by atoms with van der Waals surface area (Å²) in [5.74, 6) is 0.641. The van der Waals surface area contributed by atoms with Gasteiger partial charge in [-0.25, -0.2) is 9.78 Å². The number of urea groups is 1. The normalized spacial score (nSPS) is 24.9. The number of aliphatic hydroxyl groups excluding tert-OH is 1. The Morgan fingerprint density at radius 2 is 2.12 bits per heavy atom. The molecule has 0 radical (unpaired) electrons. The summed E-state index contributed by atoms with van der Waals surface area (Å²) in [6.45, 7) is 3.07. The molecular weight excluding hydrogens is 324 g/mol. The molecule has 3 rings (SSSR count). The van der Waals surface area contributed by atoms with Gasteiger partial charge in [0.25, 0.3) is 5.91 Å². The minimum Gasteiger partial charge on any atom is -0.498 e. The van der Waals surface area contributed by atoms with Crippen LogP contribution in [-0.4, -0.2) is 53.9 Å². The number of methoxy groups -OCH3 is 1. The van der Waals surface area contributed by atoms with Gasteiger partial charge in [-0.3, -0.25) is 10.1 Å². The highest BCUT2D eigenvalue weighted by atomic mass is 16.5. The molecule has 2 saturated heterocycles. The van der Waals surface area contributed by atoms with Gasteiger partial charge in [-0.05, 0) is 31.9 Å². The van der Waals surface area contributed by atoms with E-state index in [1.165, 1.54) is 7.11 Å². The van der Waals surface area contributed by atoms with E-state index in [4.69, 9.17) is 4.74 Å². The summed E-state index contributed by atoms with van der Waals surface area (Å²) in [4.78, 5) is 30.2. The summed E-state index contributed by atoms with van der Waals surface area (Å²) in [5.41, 5.74) is -0.644. The first-order chi connectivity index (χ1) is 11.9. The molecular formula is C17H22N4O4. The van der Waals surface area contributed by atoms with E-state index in [0.717, 1.165) is 31.7 Å². The summed E-state index contributed by atoms with van der Waals surface area (Å²) in [7, 11) is 1.45. The predicted molar refractivity (Wildman–Crippen MR) is 91.8 cm³/mol. The number of pyridine rings is 1. The van der Waals surface area contributed by atoms with E-state index in [0.29, 0.717) is 11.5 Å². The fourth-order valence-corrected chi connectivity index (χ4v) is 3.05. The Hall–Kier alpha value is -2.61. The van der Waals surface area contributed by atoms with E-state index >= 15 is 0 Å². The van der Waals surface area contributed by atoms with Crippen LogP contribution >= 0.6 is 0 Å². The van der Waals surface area contributed by atoms with Crippen LogP contribution in [0.15, 0.2) is 24.0 Å². The molecule has 1 unspecified atom stereocenters. The predicted octanol–water partition coefficient (Wildman–Crippen LogP) is 0.628. The number of hydrogen-bond acceptors (Lipinski definition) is 6. The molecule has 134 valence electrons. The van der Waals surface area contributed by atoms with Gasteiger partial charge in [0.15, 0.2) is 5.54 Å². The first-order valence-corrected chi connectivity index (χ1v) is 8.22. The number of carbonyl (C=O) groups excluding carboxylic acids is 2. The first kappa shape index (κ1) is 17.2. The average molecular weight is 346 g/mol. The quantitative estimate of drug-likeness (QED) is 0.546. The van der Waals surface area contributed by atoms with Crippen molar-refractivity contribution >= 4 is 23.8 Å². The van der Waals surface area contributed by atoms with Crippen molar-refractivity contribution in [2.45, 2.75) is 31.4 Å². The second kappa shape index (κ2) is 6.72. The maximum atomic E-state index is 12.1. The van der Waals surface area contributed by atoms with Crippen LogP contribution in [0.1, 0.15) is 25.5 Å². The molecule has 0 saturated carbocycles. The van der Waals surface area contributed by atoms with Gasteiger partial charge in [-0.1, -0.05) is 6.07 Å². The number of carbonyl (C=O) groups is 2. The van der Waals surface area contributed by atoms with E-state index in [-0.39, 0.29) is 6.10 Å². The lowest BCUT2D eigenvalue weighted by molar-refractivity contribution is -0.123. The number of ether oxygens (including phenoxy) is 1. The standard InChI is InChI=1S/C17H22N4O4/c1-17(15(23)19-16(24)20-17)13(25-2)10-11-4-3-5-14(18-11)21-8-6-12(22)7-9-21/h3-5,10,12,22H,6-9H2,1-2H3,(H2,19,20,23,24)/b13-10-. The number of aromatic nitrogens is 1. The molecule has 2 fully saturated rings. The lowest BCUT2D eigenvalue weighted by atomic mass is 9.99. The number of nitrogens with zero attached hydrogens (tertiary/aromatic N) is 2. The Bertz CT molecular complexity index is 712. The van der Waals surface area contributed by atoms with E-state index in [1.54, 1.807) is 19.1 Å². The fraction of sp³-hybridized carbons (Fsp3) is 0.471. The van der Waals surface area contributed by atoms with Crippen LogP contribution in [-0.2, 0) is 9.53 Å². The van der Waals surface area contributed by atoms with Crippen LogP contribution in [0.4, 0.5) is 10.6 Å². The van der Waals surface area contributed by atoms with Crippen LogP contribution in [0, 0.1) is 0 Å². The minimum absolute atomic E-state index is 0.246. The molecule has 25 heavy (non-hydrogen) atoms. The van der Waals surface area contributed by atoms with E-state index in [9.17, 15) is 14.7 Å². The van der Waals surface area contributed by atoms with Gasteiger partial charge in [-0.2, -0.15) is 0 Å². The van der Waals surface area contributed by atoms with Crippen molar-refractivity contribution in [1.29, 1.82) is 0 Å². The van der Waals surface area contributed by atoms with Gasteiger partial charge in [0.05, 0.1) is 18.9 Å². The topological polar surface area (TPSA) is 104 Å². The zero-order chi connectivity index (χ0) is 18.0. The van der Waals surface area contributed by atoms with Gasteiger partial charge >= 0.3 is 6.03 Å². The molecule has 0 bridgehead atoms. The molecule has 8 heteroatoms. The molecule has 1 aromatic heterocycles. The average Bonchev–Trinajstić information content (AvgIpc) is 2.86. The first-order valence-electron chi connectivity index (χ1n) is 8.22. The van der Waals surface area contributed by atoms with E-state index < -0.39 is 17.5 Å². The lowest BCUT2D eigenvalue weighted by Gasteiger charge is -2.30. The van der Waals surface area contributed by atoms with Gasteiger partial charge in [0.2, 0.25) is 0 Å². The molecule has 3 heterocycles.